The van der Waals surface area contributed by atoms with Gasteiger partial charge < -0.3 is 10.4 Å². The van der Waals surface area contributed by atoms with E-state index in [2.05, 4.69) is 10.0 Å². The standard InChI is InChI=1S/C24H23ClN2O5S/c1-16-2-12-22(13-3-16)33(31,32)26-15-19(17-4-8-20(25)9-5-17)14-23(28)27-21-10-6-18(7-11-21)24(29)30/h2-13,19,26H,14-15H2,1H3,(H,27,28)(H,29,30). The molecule has 0 saturated carbocycles. The molecule has 33 heavy (non-hydrogen) atoms. The third-order valence-electron chi connectivity index (χ3n) is 5.04. The van der Waals surface area contributed by atoms with Gasteiger partial charge in [-0.1, -0.05) is 41.4 Å². The minimum atomic E-state index is -3.76. The molecule has 0 saturated heterocycles. The first-order valence-electron chi connectivity index (χ1n) is 10.1. The molecule has 0 aromatic heterocycles. The first-order valence-corrected chi connectivity index (χ1v) is 11.9. The number of carboxylic acids is 1. The number of hydrogen-bond acceptors (Lipinski definition) is 4. The molecule has 0 radical (unpaired) electrons. The number of amides is 1. The van der Waals surface area contributed by atoms with Gasteiger partial charge in [0.05, 0.1) is 10.5 Å². The van der Waals surface area contributed by atoms with Crippen molar-refractivity contribution in [1.82, 2.24) is 4.72 Å². The first kappa shape index (κ1) is 24.4. The van der Waals surface area contributed by atoms with Gasteiger partial charge in [-0.3, -0.25) is 4.79 Å². The molecule has 3 rings (SSSR count). The molecule has 3 aromatic rings. The zero-order chi connectivity index (χ0) is 24.0. The van der Waals surface area contributed by atoms with E-state index in [1.54, 1.807) is 36.4 Å². The lowest BCUT2D eigenvalue weighted by Gasteiger charge is -2.18. The molecular weight excluding hydrogens is 464 g/mol. The molecule has 0 aliphatic carbocycles. The van der Waals surface area contributed by atoms with Gasteiger partial charge in [0.1, 0.15) is 0 Å². The fraction of sp³-hybridized carbons (Fsp3) is 0.167. The van der Waals surface area contributed by atoms with Gasteiger partial charge in [0.2, 0.25) is 15.9 Å². The summed E-state index contributed by atoms with van der Waals surface area (Å²) in [7, 11) is -3.76. The Bertz CT molecular complexity index is 1230. The van der Waals surface area contributed by atoms with E-state index < -0.39 is 21.9 Å². The van der Waals surface area contributed by atoms with Crippen molar-refractivity contribution < 1.29 is 23.1 Å². The third kappa shape index (κ3) is 6.89. The minimum absolute atomic E-state index is 0.00126. The van der Waals surface area contributed by atoms with E-state index in [1.807, 2.05) is 6.92 Å². The maximum Gasteiger partial charge on any atom is 0.335 e. The summed E-state index contributed by atoms with van der Waals surface area (Å²) in [5.74, 6) is -1.86. The Morgan fingerprint density at radius 2 is 1.55 bits per heavy atom. The molecule has 0 spiro atoms. The van der Waals surface area contributed by atoms with Gasteiger partial charge in [-0.2, -0.15) is 0 Å². The number of sulfonamides is 1. The second-order valence-electron chi connectivity index (χ2n) is 7.55. The molecule has 1 atom stereocenters. The molecule has 7 nitrogen and oxygen atoms in total. The van der Waals surface area contributed by atoms with E-state index >= 15 is 0 Å². The molecule has 1 amide bonds. The van der Waals surface area contributed by atoms with Crippen molar-refractivity contribution in [2.45, 2.75) is 24.2 Å². The highest BCUT2D eigenvalue weighted by atomic mass is 35.5. The molecule has 3 aromatic carbocycles. The number of carbonyl (C=O) groups excluding carboxylic acids is 1. The van der Waals surface area contributed by atoms with E-state index in [1.165, 1.54) is 36.4 Å². The summed E-state index contributed by atoms with van der Waals surface area (Å²) in [5, 5.41) is 12.2. The largest absolute Gasteiger partial charge is 0.478 e. The van der Waals surface area contributed by atoms with E-state index in [0.717, 1.165) is 11.1 Å². The van der Waals surface area contributed by atoms with Crippen LogP contribution >= 0.6 is 11.6 Å². The first-order chi connectivity index (χ1) is 15.6. The Labute approximate surface area is 197 Å². The van der Waals surface area contributed by atoms with Crippen molar-refractivity contribution in [2.75, 3.05) is 11.9 Å². The maximum atomic E-state index is 12.7. The van der Waals surface area contributed by atoms with Crippen LogP contribution in [0.5, 0.6) is 0 Å². The summed E-state index contributed by atoms with van der Waals surface area (Å²) < 4.78 is 28.0. The number of carbonyl (C=O) groups is 2. The van der Waals surface area contributed by atoms with Crippen molar-refractivity contribution in [3.8, 4) is 0 Å². The Hall–Kier alpha value is -3.20. The van der Waals surface area contributed by atoms with Gasteiger partial charge in [-0.15, -0.1) is 0 Å². The van der Waals surface area contributed by atoms with Crippen LogP contribution in [0.3, 0.4) is 0 Å². The lowest BCUT2D eigenvalue weighted by atomic mass is 9.95. The smallest absolute Gasteiger partial charge is 0.335 e. The van der Waals surface area contributed by atoms with Crippen LogP contribution in [0.4, 0.5) is 5.69 Å². The Morgan fingerprint density at radius 3 is 2.12 bits per heavy atom. The molecule has 0 heterocycles. The number of nitrogens with one attached hydrogen (secondary N) is 2. The number of hydrogen-bond donors (Lipinski definition) is 3. The van der Waals surface area contributed by atoms with Crippen LogP contribution in [0.15, 0.2) is 77.7 Å². The van der Waals surface area contributed by atoms with Gasteiger partial charge in [0.25, 0.3) is 0 Å². The van der Waals surface area contributed by atoms with Gasteiger partial charge in [-0.25, -0.2) is 17.9 Å². The normalized spacial score (nSPS) is 12.2. The van der Waals surface area contributed by atoms with Crippen molar-refractivity contribution in [3.05, 3.63) is 94.5 Å². The summed E-state index contributed by atoms with van der Waals surface area (Å²) in [5.41, 5.74) is 2.25. The summed E-state index contributed by atoms with van der Waals surface area (Å²) in [6.45, 7) is 1.87. The summed E-state index contributed by atoms with van der Waals surface area (Å²) in [4.78, 5) is 23.8. The molecule has 0 bridgehead atoms. The summed E-state index contributed by atoms with van der Waals surface area (Å²) in [6, 6.07) is 19.1. The second-order valence-corrected chi connectivity index (χ2v) is 9.75. The van der Waals surface area contributed by atoms with Crippen molar-refractivity contribution in [2.24, 2.45) is 0 Å². The Kier molecular flexibility index (Phi) is 7.86. The number of rotatable bonds is 9. The predicted molar refractivity (Wildman–Crippen MR) is 127 cm³/mol. The molecule has 0 aliphatic heterocycles. The second kappa shape index (κ2) is 10.6. The monoisotopic (exact) mass is 486 g/mol. The molecule has 0 fully saturated rings. The van der Waals surface area contributed by atoms with Gasteiger partial charge in [0.15, 0.2) is 0 Å². The Balaban J connectivity index is 1.73. The molecule has 172 valence electrons. The van der Waals surface area contributed by atoms with Crippen LogP contribution in [-0.2, 0) is 14.8 Å². The molecular formula is C24H23ClN2O5S. The number of carboxylic acid groups (broad SMARTS) is 1. The number of aryl methyl sites for hydroxylation is 1. The number of benzene rings is 3. The molecule has 3 N–H and O–H groups in total. The number of halogens is 1. The number of aromatic carboxylic acids is 1. The van der Waals surface area contributed by atoms with Crippen molar-refractivity contribution in [3.63, 3.8) is 0 Å². The van der Waals surface area contributed by atoms with Crippen LogP contribution in [0.2, 0.25) is 5.02 Å². The lowest BCUT2D eigenvalue weighted by molar-refractivity contribution is -0.116. The number of anilines is 1. The van der Waals surface area contributed by atoms with Crippen molar-refractivity contribution >= 4 is 39.2 Å². The minimum Gasteiger partial charge on any atom is -0.478 e. The average molecular weight is 487 g/mol. The highest BCUT2D eigenvalue weighted by Crippen LogP contribution is 2.23. The van der Waals surface area contributed by atoms with E-state index in [-0.39, 0.29) is 29.3 Å². The fourth-order valence-electron chi connectivity index (χ4n) is 3.19. The van der Waals surface area contributed by atoms with Crippen LogP contribution in [0, 0.1) is 6.92 Å². The average Bonchev–Trinajstić information content (AvgIpc) is 2.78. The molecule has 0 aliphatic rings. The van der Waals surface area contributed by atoms with Crippen molar-refractivity contribution in [1.29, 1.82) is 0 Å². The molecule has 1 unspecified atom stereocenters. The highest BCUT2D eigenvalue weighted by molar-refractivity contribution is 7.89. The SMILES string of the molecule is Cc1ccc(S(=O)(=O)NCC(CC(=O)Nc2ccc(C(=O)O)cc2)c2ccc(Cl)cc2)cc1. The zero-order valence-electron chi connectivity index (χ0n) is 17.8. The lowest BCUT2D eigenvalue weighted by Crippen LogP contribution is -2.30. The topological polar surface area (TPSA) is 113 Å². The van der Waals surface area contributed by atoms with Gasteiger partial charge in [0, 0.05) is 29.6 Å². The maximum absolute atomic E-state index is 12.7. The van der Waals surface area contributed by atoms with Crippen LogP contribution < -0.4 is 10.0 Å². The van der Waals surface area contributed by atoms with E-state index in [0.29, 0.717) is 10.7 Å². The van der Waals surface area contributed by atoms with E-state index in [9.17, 15) is 18.0 Å². The zero-order valence-corrected chi connectivity index (χ0v) is 19.4. The third-order valence-corrected chi connectivity index (χ3v) is 6.73. The van der Waals surface area contributed by atoms with Crippen LogP contribution in [0.1, 0.15) is 33.8 Å². The summed E-state index contributed by atoms with van der Waals surface area (Å²) in [6.07, 6.45) is -0.00126. The predicted octanol–water partition coefficient (Wildman–Crippen LogP) is 4.44. The van der Waals surface area contributed by atoms with Crippen LogP contribution in [0.25, 0.3) is 0 Å². The summed E-state index contributed by atoms with van der Waals surface area (Å²) >= 11 is 5.97. The highest BCUT2D eigenvalue weighted by Gasteiger charge is 2.21. The Morgan fingerprint density at radius 1 is 0.939 bits per heavy atom. The van der Waals surface area contributed by atoms with Gasteiger partial charge >= 0.3 is 5.97 Å². The van der Waals surface area contributed by atoms with Gasteiger partial charge in [-0.05, 0) is 61.0 Å². The quantitative estimate of drug-likeness (QED) is 0.414. The fourth-order valence-corrected chi connectivity index (χ4v) is 4.39. The van der Waals surface area contributed by atoms with Crippen LogP contribution in [-0.4, -0.2) is 31.9 Å². The van der Waals surface area contributed by atoms with E-state index in [4.69, 9.17) is 16.7 Å². The molecule has 9 heteroatoms.